The van der Waals surface area contributed by atoms with Crippen molar-refractivity contribution >= 4 is 27.5 Å². The van der Waals surface area contributed by atoms with Crippen LogP contribution >= 0.6 is 27.5 Å². The maximum absolute atomic E-state index is 6.00. The highest BCUT2D eigenvalue weighted by molar-refractivity contribution is 9.10. The summed E-state index contributed by atoms with van der Waals surface area (Å²) in [5.74, 6) is 0.808. The Morgan fingerprint density at radius 1 is 1.40 bits per heavy atom. The fourth-order valence-electron chi connectivity index (χ4n) is 2.93. The van der Waals surface area contributed by atoms with Gasteiger partial charge in [-0.05, 0) is 70.6 Å². The summed E-state index contributed by atoms with van der Waals surface area (Å²) in [6, 6.07) is 6.68. The van der Waals surface area contributed by atoms with Gasteiger partial charge in [-0.3, -0.25) is 4.90 Å². The van der Waals surface area contributed by atoms with E-state index in [1.165, 1.54) is 31.5 Å². The molecule has 0 bridgehead atoms. The molecule has 1 aliphatic heterocycles. The number of halogens is 2. The van der Waals surface area contributed by atoms with E-state index in [1.807, 2.05) is 12.1 Å². The van der Waals surface area contributed by atoms with E-state index in [9.17, 15) is 0 Å². The lowest BCUT2D eigenvalue weighted by Crippen LogP contribution is -2.41. The molecule has 0 aliphatic carbocycles. The van der Waals surface area contributed by atoms with E-state index in [1.54, 1.807) is 0 Å². The highest BCUT2D eigenvalue weighted by Crippen LogP contribution is 2.26. The fraction of sp³-hybridized carbons (Fsp3) is 0.625. The lowest BCUT2D eigenvalue weighted by atomic mass is 9.89. The largest absolute Gasteiger partial charge is 0.306 e. The van der Waals surface area contributed by atoms with Crippen molar-refractivity contribution in [1.82, 2.24) is 9.80 Å². The Balaban J connectivity index is 1.95. The van der Waals surface area contributed by atoms with Gasteiger partial charge in [-0.15, -0.1) is 0 Å². The topological polar surface area (TPSA) is 6.48 Å². The molecule has 0 aromatic heterocycles. The van der Waals surface area contributed by atoms with Crippen LogP contribution < -0.4 is 0 Å². The Kier molecular flexibility index (Phi) is 5.91. The van der Waals surface area contributed by atoms with Crippen LogP contribution in [0.1, 0.15) is 25.3 Å². The molecule has 0 saturated carbocycles. The molecule has 0 N–H and O–H groups in total. The van der Waals surface area contributed by atoms with Crippen LogP contribution in [0.3, 0.4) is 0 Å². The van der Waals surface area contributed by atoms with Crippen LogP contribution in [0.5, 0.6) is 0 Å². The van der Waals surface area contributed by atoms with Gasteiger partial charge in [-0.2, -0.15) is 0 Å². The minimum Gasteiger partial charge on any atom is -0.306 e. The second kappa shape index (κ2) is 7.26. The molecule has 4 heteroatoms. The summed E-state index contributed by atoms with van der Waals surface area (Å²) in [7, 11) is 4.44. The Morgan fingerprint density at radius 3 is 2.65 bits per heavy atom. The third-order valence-electron chi connectivity index (χ3n) is 4.58. The van der Waals surface area contributed by atoms with E-state index < -0.39 is 0 Å². The minimum atomic E-state index is 0.617. The molecule has 20 heavy (non-hydrogen) atoms. The normalized spacial score (nSPS) is 19.5. The number of likely N-dealkylation sites (tertiary alicyclic amines) is 1. The van der Waals surface area contributed by atoms with E-state index in [2.05, 4.69) is 52.8 Å². The fourth-order valence-corrected chi connectivity index (χ4v) is 3.74. The highest BCUT2D eigenvalue weighted by Gasteiger charge is 2.25. The van der Waals surface area contributed by atoms with Crippen LogP contribution in [0.15, 0.2) is 22.7 Å². The van der Waals surface area contributed by atoms with Crippen LogP contribution in [0, 0.1) is 5.92 Å². The van der Waals surface area contributed by atoms with Gasteiger partial charge < -0.3 is 4.90 Å². The predicted molar refractivity (Wildman–Crippen MR) is 90.3 cm³/mol. The van der Waals surface area contributed by atoms with Crippen LogP contribution in [-0.2, 0) is 6.54 Å². The number of rotatable bonds is 4. The maximum Gasteiger partial charge on any atom is 0.0417 e. The molecular formula is C16H24BrClN2. The van der Waals surface area contributed by atoms with Crippen molar-refractivity contribution in [3.8, 4) is 0 Å². The van der Waals surface area contributed by atoms with E-state index in [4.69, 9.17) is 11.6 Å². The van der Waals surface area contributed by atoms with Crippen molar-refractivity contribution in [2.24, 2.45) is 5.92 Å². The van der Waals surface area contributed by atoms with Gasteiger partial charge in [0.1, 0.15) is 0 Å². The summed E-state index contributed by atoms with van der Waals surface area (Å²) in [6.45, 7) is 5.78. The van der Waals surface area contributed by atoms with Crippen molar-refractivity contribution in [1.29, 1.82) is 0 Å². The number of nitrogens with zero attached hydrogens (tertiary/aromatic N) is 2. The van der Waals surface area contributed by atoms with Gasteiger partial charge in [0, 0.05) is 22.1 Å². The van der Waals surface area contributed by atoms with Crippen LogP contribution in [0.2, 0.25) is 5.02 Å². The van der Waals surface area contributed by atoms with Crippen LogP contribution in [0.4, 0.5) is 0 Å². The third-order valence-corrected chi connectivity index (χ3v) is 5.55. The van der Waals surface area contributed by atoms with Crippen molar-refractivity contribution < 1.29 is 0 Å². The van der Waals surface area contributed by atoms with Gasteiger partial charge >= 0.3 is 0 Å². The molecule has 1 atom stereocenters. The molecule has 2 rings (SSSR count). The molecule has 0 radical (unpaired) electrons. The molecule has 2 nitrogen and oxygen atoms in total. The average molecular weight is 360 g/mol. The molecule has 1 saturated heterocycles. The van der Waals surface area contributed by atoms with Gasteiger partial charge in [0.25, 0.3) is 0 Å². The summed E-state index contributed by atoms with van der Waals surface area (Å²) < 4.78 is 1.10. The van der Waals surface area contributed by atoms with Crippen molar-refractivity contribution in [2.75, 3.05) is 27.2 Å². The quantitative estimate of drug-likeness (QED) is 0.792. The molecular weight excluding hydrogens is 336 g/mol. The van der Waals surface area contributed by atoms with Crippen molar-refractivity contribution in [3.05, 3.63) is 33.3 Å². The smallest absolute Gasteiger partial charge is 0.0417 e. The molecule has 1 aliphatic rings. The zero-order valence-corrected chi connectivity index (χ0v) is 14.9. The number of hydrogen-bond acceptors (Lipinski definition) is 2. The van der Waals surface area contributed by atoms with E-state index >= 15 is 0 Å². The first kappa shape index (κ1) is 16.3. The Labute approximate surface area is 136 Å². The first-order valence-electron chi connectivity index (χ1n) is 7.30. The first-order valence-corrected chi connectivity index (χ1v) is 8.47. The second-order valence-electron chi connectivity index (χ2n) is 6.03. The summed E-state index contributed by atoms with van der Waals surface area (Å²) >= 11 is 9.61. The zero-order chi connectivity index (χ0) is 14.7. The van der Waals surface area contributed by atoms with Crippen molar-refractivity contribution in [3.63, 3.8) is 0 Å². The average Bonchev–Trinajstić information content (AvgIpc) is 2.42. The predicted octanol–water partition coefficient (Wildman–Crippen LogP) is 4.26. The monoisotopic (exact) mass is 358 g/mol. The minimum absolute atomic E-state index is 0.617. The second-order valence-corrected chi connectivity index (χ2v) is 7.32. The van der Waals surface area contributed by atoms with Gasteiger partial charge in [-0.1, -0.05) is 33.6 Å². The maximum atomic E-state index is 6.00. The Bertz CT molecular complexity index is 444. The lowest BCUT2D eigenvalue weighted by molar-refractivity contribution is 0.120. The third kappa shape index (κ3) is 4.20. The summed E-state index contributed by atoms with van der Waals surface area (Å²) in [6.07, 6.45) is 2.62. The standard InChI is InChI=1S/C16H24BrClN2/c1-12(13-6-8-19(2)9-7-13)20(3)11-14-4-5-15(18)10-16(14)17/h4-5,10,12-13H,6-9,11H2,1-3H3/t12-/m0/s1. The summed E-state index contributed by atoms with van der Waals surface area (Å²) in [4.78, 5) is 4.89. The van der Waals surface area contributed by atoms with E-state index in [-0.39, 0.29) is 0 Å². The van der Waals surface area contributed by atoms with E-state index in [0.717, 1.165) is 22.0 Å². The first-order chi connectivity index (χ1) is 9.47. The SMILES string of the molecule is C[C@@H](C1CCN(C)CC1)N(C)Cc1ccc(Cl)cc1Br. The van der Waals surface area contributed by atoms with Gasteiger partial charge in [0.15, 0.2) is 0 Å². The number of hydrogen-bond donors (Lipinski definition) is 0. The molecule has 1 aromatic rings. The van der Waals surface area contributed by atoms with Crippen molar-refractivity contribution in [2.45, 2.75) is 32.4 Å². The molecule has 0 spiro atoms. The van der Waals surface area contributed by atoms with E-state index in [0.29, 0.717) is 6.04 Å². The highest BCUT2D eigenvalue weighted by atomic mass is 79.9. The molecule has 0 amide bonds. The zero-order valence-electron chi connectivity index (χ0n) is 12.6. The van der Waals surface area contributed by atoms with Gasteiger partial charge in [0.2, 0.25) is 0 Å². The molecule has 112 valence electrons. The number of benzene rings is 1. The van der Waals surface area contributed by atoms with Crippen LogP contribution in [-0.4, -0.2) is 43.0 Å². The summed E-state index contributed by atoms with van der Waals surface area (Å²) in [5, 5.41) is 0.784. The van der Waals surface area contributed by atoms with Gasteiger partial charge in [-0.25, -0.2) is 0 Å². The molecule has 1 heterocycles. The molecule has 1 aromatic carbocycles. The number of piperidine rings is 1. The summed E-state index contributed by atoms with van der Waals surface area (Å²) in [5.41, 5.74) is 1.30. The van der Waals surface area contributed by atoms with Crippen LogP contribution in [0.25, 0.3) is 0 Å². The molecule has 1 fully saturated rings. The lowest BCUT2D eigenvalue weighted by Gasteiger charge is -2.37. The van der Waals surface area contributed by atoms with Gasteiger partial charge in [0.05, 0.1) is 0 Å². The Morgan fingerprint density at radius 2 is 2.05 bits per heavy atom. The Hall–Kier alpha value is -0.0900. The molecule has 0 unspecified atom stereocenters.